The number of benzene rings is 1. The average Bonchev–Trinajstić information content (AvgIpc) is 2.47. The van der Waals surface area contributed by atoms with E-state index in [9.17, 15) is 9.59 Å². The van der Waals surface area contributed by atoms with Crippen molar-refractivity contribution in [1.82, 2.24) is 0 Å². The Labute approximate surface area is 109 Å². The molecule has 0 amide bonds. The molecule has 6 heteroatoms. The number of esters is 2. The van der Waals surface area contributed by atoms with Gasteiger partial charge in [0.25, 0.3) is 0 Å². The molecule has 19 heavy (non-hydrogen) atoms. The molecule has 0 saturated carbocycles. The SMILES string of the molecule is COC(=O)/C=C(C(=O)OC)/C(=N/O)c1ccccc1. The summed E-state index contributed by atoms with van der Waals surface area (Å²) in [7, 11) is 2.33. The minimum absolute atomic E-state index is 0.0714. The minimum atomic E-state index is -0.804. The maximum Gasteiger partial charge on any atom is 0.340 e. The maximum absolute atomic E-state index is 11.6. The summed E-state index contributed by atoms with van der Waals surface area (Å²) in [6, 6.07) is 8.42. The maximum atomic E-state index is 11.6. The summed E-state index contributed by atoms with van der Waals surface area (Å²) in [6.45, 7) is 0. The van der Waals surface area contributed by atoms with E-state index in [-0.39, 0.29) is 11.3 Å². The van der Waals surface area contributed by atoms with Gasteiger partial charge in [-0.05, 0) is 0 Å². The molecular formula is C13H13NO5. The first-order valence-electron chi connectivity index (χ1n) is 5.29. The van der Waals surface area contributed by atoms with E-state index >= 15 is 0 Å². The zero-order valence-corrected chi connectivity index (χ0v) is 10.5. The van der Waals surface area contributed by atoms with Crippen LogP contribution in [0.4, 0.5) is 0 Å². The van der Waals surface area contributed by atoms with Crippen molar-refractivity contribution in [2.45, 2.75) is 0 Å². The number of methoxy groups -OCH3 is 2. The molecule has 1 N–H and O–H groups in total. The molecule has 1 aromatic rings. The standard InChI is InChI=1S/C13H13NO5/c1-18-11(15)8-10(13(16)19-2)12(14-17)9-6-4-3-5-7-9/h3-8,17H,1-2H3/b10-8-,14-12+. The second-order valence-electron chi connectivity index (χ2n) is 3.39. The minimum Gasteiger partial charge on any atom is -0.466 e. The summed E-state index contributed by atoms with van der Waals surface area (Å²) in [5.74, 6) is -1.56. The number of hydrogen-bond acceptors (Lipinski definition) is 6. The van der Waals surface area contributed by atoms with Gasteiger partial charge in [0.05, 0.1) is 19.8 Å². The second-order valence-corrected chi connectivity index (χ2v) is 3.39. The van der Waals surface area contributed by atoms with Crippen LogP contribution in [0.5, 0.6) is 0 Å². The van der Waals surface area contributed by atoms with Crippen molar-refractivity contribution in [3.63, 3.8) is 0 Å². The molecule has 0 spiro atoms. The number of hydrogen-bond donors (Lipinski definition) is 1. The van der Waals surface area contributed by atoms with Crippen LogP contribution in [0, 0.1) is 0 Å². The third kappa shape index (κ3) is 3.67. The topological polar surface area (TPSA) is 85.2 Å². The van der Waals surface area contributed by atoms with Crippen LogP contribution < -0.4 is 0 Å². The number of carbonyl (C=O) groups is 2. The van der Waals surface area contributed by atoms with Crippen molar-refractivity contribution in [2.75, 3.05) is 14.2 Å². The van der Waals surface area contributed by atoms with Gasteiger partial charge in [0, 0.05) is 11.6 Å². The molecule has 0 heterocycles. The van der Waals surface area contributed by atoms with Gasteiger partial charge in [-0.15, -0.1) is 0 Å². The summed E-state index contributed by atoms with van der Waals surface area (Å²) in [5, 5.41) is 12.1. The first-order chi connectivity index (χ1) is 9.13. The zero-order valence-electron chi connectivity index (χ0n) is 10.5. The van der Waals surface area contributed by atoms with Crippen LogP contribution in [0.1, 0.15) is 5.56 Å². The number of rotatable bonds is 4. The van der Waals surface area contributed by atoms with Crippen molar-refractivity contribution in [3.05, 3.63) is 47.5 Å². The second kappa shape index (κ2) is 6.95. The monoisotopic (exact) mass is 263 g/mol. The number of carbonyl (C=O) groups excluding carboxylic acids is 2. The zero-order chi connectivity index (χ0) is 14.3. The van der Waals surface area contributed by atoms with Crippen LogP contribution in [-0.2, 0) is 19.1 Å². The molecule has 0 radical (unpaired) electrons. The molecule has 0 fully saturated rings. The quantitative estimate of drug-likeness (QED) is 0.289. The Morgan fingerprint density at radius 3 is 2.26 bits per heavy atom. The summed E-state index contributed by atoms with van der Waals surface area (Å²) in [6.07, 6.45) is 0.911. The Balaban J connectivity index is 3.27. The van der Waals surface area contributed by atoms with E-state index in [1.54, 1.807) is 30.3 Å². The highest BCUT2D eigenvalue weighted by atomic mass is 16.5. The molecule has 0 aliphatic heterocycles. The van der Waals surface area contributed by atoms with Gasteiger partial charge in [0.1, 0.15) is 5.71 Å². The van der Waals surface area contributed by atoms with Crippen LogP contribution in [0.3, 0.4) is 0 Å². The fourth-order valence-corrected chi connectivity index (χ4v) is 1.37. The molecule has 0 unspecified atom stereocenters. The van der Waals surface area contributed by atoms with Crippen LogP contribution in [0.25, 0.3) is 0 Å². The predicted molar refractivity (Wildman–Crippen MR) is 66.9 cm³/mol. The van der Waals surface area contributed by atoms with Gasteiger partial charge in [-0.25, -0.2) is 9.59 Å². The molecular weight excluding hydrogens is 250 g/mol. The van der Waals surface area contributed by atoms with Gasteiger partial charge < -0.3 is 14.7 Å². The Hall–Kier alpha value is -2.63. The molecule has 0 saturated heterocycles. The Morgan fingerprint density at radius 2 is 1.79 bits per heavy atom. The summed E-state index contributed by atoms with van der Waals surface area (Å²) >= 11 is 0. The molecule has 100 valence electrons. The van der Waals surface area contributed by atoms with E-state index in [4.69, 9.17) is 5.21 Å². The van der Waals surface area contributed by atoms with Gasteiger partial charge in [-0.2, -0.15) is 0 Å². The molecule has 6 nitrogen and oxygen atoms in total. The highest BCUT2D eigenvalue weighted by Crippen LogP contribution is 2.11. The lowest BCUT2D eigenvalue weighted by molar-refractivity contribution is -0.138. The lowest BCUT2D eigenvalue weighted by Crippen LogP contribution is -2.18. The highest BCUT2D eigenvalue weighted by molar-refractivity contribution is 6.28. The number of oxime groups is 1. The van der Waals surface area contributed by atoms with E-state index < -0.39 is 11.9 Å². The molecule has 1 rings (SSSR count). The Bertz CT molecular complexity index is 519. The first kappa shape index (κ1) is 14.4. The van der Waals surface area contributed by atoms with E-state index in [0.717, 1.165) is 13.2 Å². The van der Waals surface area contributed by atoms with Gasteiger partial charge in [-0.3, -0.25) is 0 Å². The van der Waals surface area contributed by atoms with Crippen molar-refractivity contribution in [3.8, 4) is 0 Å². The van der Waals surface area contributed by atoms with Crippen LogP contribution in [0.2, 0.25) is 0 Å². The van der Waals surface area contributed by atoms with Gasteiger partial charge in [-0.1, -0.05) is 35.5 Å². The van der Waals surface area contributed by atoms with E-state index in [1.165, 1.54) is 7.11 Å². The van der Waals surface area contributed by atoms with E-state index in [1.807, 2.05) is 0 Å². The lowest BCUT2D eigenvalue weighted by Gasteiger charge is -2.07. The smallest absolute Gasteiger partial charge is 0.340 e. The van der Waals surface area contributed by atoms with Crippen molar-refractivity contribution in [2.24, 2.45) is 5.16 Å². The van der Waals surface area contributed by atoms with Crippen LogP contribution in [-0.4, -0.2) is 37.1 Å². The van der Waals surface area contributed by atoms with Gasteiger partial charge in [0.2, 0.25) is 0 Å². The highest BCUT2D eigenvalue weighted by Gasteiger charge is 2.21. The average molecular weight is 263 g/mol. The predicted octanol–water partition coefficient (Wildman–Crippen LogP) is 1.14. The molecule has 0 atom stereocenters. The fraction of sp³-hybridized carbons (Fsp3) is 0.154. The van der Waals surface area contributed by atoms with E-state index in [2.05, 4.69) is 14.6 Å². The number of nitrogens with zero attached hydrogens (tertiary/aromatic N) is 1. The molecule has 0 aliphatic rings. The summed E-state index contributed by atoms with van der Waals surface area (Å²) in [5.41, 5.74) is 0.200. The normalized spacial score (nSPS) is 11.9. The van der Waals surface area contributed by atoms with Crippen molar-refractivity contribution in [1.29, 1.82) is 0 Å². The summed E-state index contributed by atoms with van der Waals surface area (Å²) < 4.78 is 9.00. The summed E-state index contributed by atoms with van der Waals surface area (Å²) in [4.78, 5) is 22.9. The van der Waals surface area contributed by atoms with Gasteiger partial charge in [0.15, 0.2) is 0 Å². The van der Waals surface area contributed by atoms with E-state index in [0.29, 0.717) is 5.56 Å². The van der Waals surface area contributed by atoms with Gasteiger partial charge >= 0.3 is 11.9 Å². The largest absolute Gasteiger partial charge is 0.466 e. The van der Waals surface area contributed by atoms with Crippen molar-refractivity contribution < 1.29 is 24.3 Å². The molecule has 0 bridgehead atoms. The molecule has 0 aliphatic carbocycles. The third-order valence-corrected chi connectivity index (χ3v) is 2.27. The van der Waals surface area contributed by atoms with Crippen LogP contribution in [0.15, 0.2) is 47.1 Å². The molecule has 1 aromatic carbocycles. The lowest BCUT2D eigenvalue weighted by atomic mass is 10.0. The third-order valence-electron chi connectivity index (χ3n) is 2.27. The first-order valence-corrected chi connectivity index (χ1v) is 5.29. The fourth-order valence-electron chi connectivity index (χ4n) is 1.37. The number of ether oxygens (including phenoxy) is 2. The molecule has 0 aromatic heterocycles. The van der Waals surface area contributed by atoms with Crippen LogP contribution >= 0.6 is 0 Å². The Morgan fingerprint density at radius 1 is 1.16 bits per heavy atom. The Kier molecular flexibility index (Phi) is 5.28. The van der Waals surface area contributed by atoms with Crippen molar-refractivity contribution >= 4 is 17.7 Å².